The summed E-state index contributed by atoms with van der Waals surface area (Å²) in [5.74, 6) is 0.174. The normalized spacial score (nSPS) is 21.7. The number of likely N-dealkylation sites (tertiary alicyclic amines) is 1. The van der Waals surface area contributed by atoms with Gasteiger partial charge in [0.15, 0.2) is 11.5 Å². The first-order valence-electron chi connectivity index (χ1n) is 13.3. The van der Waals surface area contributed by atoms with Crippen molar-refractivity contribution >= 4 is 17.5 Å². The summed E-state index contributed by atoms with van der Waals surface area (Å²) in [4.78, 5) is 43.1. The van der Waals surface area contributed by atoms with Gasteiger partial charge in [0, 0.05) is 48.8 Å². The van der Waals surface area contributed by atoms with Crippen LogP contribution in [0, 0.1) is 18.7 Å². The van der Waals surface area contributed by atoms with E-state index in [1.54, 1.807) is 6.07 Å². The molecule has 3 aromatic rings. The lowest BCUT2D eigenvalue weighted by molar-refractivity contribution is -0.127. The smallest absolute Gasteiger partial charge is 0.274 e. The molecule has 1 saturated carbocycles. The van der Waals surface area contributed by atoms with E-state index >= 15 is 0 Å². The van der Waals surface area contributed by atoms with E-state index in [9.17, 15) is 14.0 Å². The number of piperidine rings is 1. The highest BCUT2D eigenvalue weighted by molar-refractivity contribution is 5.94. The predicted molar refractivity (Wildman–Crippen MR) is 140 cm³/mol. The average molecular weight is 535 g/mol. The maximum absolute atomic E-state index is 14.4. The molecule has 2 aliphatic heterocycles. The fourth-order valence-corrected chi connectivity index (χ4v) is 5.78. The van der Waals surface area contributed by atoms with E-state index in [0.717, 1.165) is 50.1 Å². The number of nitrogens with zero attached hydrogens (tertiary/aromatic N) is 6. The molecule has 1 aliphatic carbocycles. The van der Waals surface area contributed by atoms with E-state index in [1.807, 2.05) is 24.2 Å². The minimum atomic E-state index is -0.540. The second kappa shape index (κ2) is 9.90. The molecule has 2 saturated heterocycles. The molecule has 5 heterocycles. The fourth-order valence-electron chi connectivity index (χ4n) is 5.78. The van der Waals surface area contributed by atoms with Crippen molar-refractivity contribution in [3.8, 4) is 17.1 Å². The van der Waals surface area contributed by atoms with Crippen LogP contribution in [0.2, 0.25) is 0 Å². The first-order chi connectivity index (χ1) is 18.8. The number of methoxy groups -OCH3 is 1. The third kappa shape index (κ3) is 4.90. The van der Waals surface area contributed by atoms with E-state index in [4.69, 9.17) is 4.74 Å². The summed E-state index contributed by atoms with van der Waals surface area (Å²) in [6.07, 6.45) is 8.54. The van der Waals surface area contributed by atoms with Crippen LogP contribution in [0.5, 0.6) is 5.88 Å². The molecule has 39 heavy (non-hydrogen) atoms. The third-order valence-electron chi connectivity index (χ3n) is 8.14. The highest BCUT2D eigenvalue weighted by Gasteiger charge is 2.54. The zero-order valence-electron chi connectivity index (χ0n) is 22.0. The SMILES string of the molecule is COc1cc(-c2cc(C(=O)N3CC[C@H](C(=O)N[C@@H]4CCN(c5cnc(C)nc5)C4)CC34CC4)n[nH]2)c(F)cn1. The number of pyridine rings is 1. The van der Waals surface area contributed by atoms with Crippen molar-refractivity contribution in [3.63, 3.8) is 0 Å². The number of aryl methyl sites for hydroxylation is 1. The molecule has 3 aromatic heterocycles. The maximum atomic E-state index is 14.4. The number of H-pyrrole nitrogens is 1. The van der Waals surface area contributed by atoms with E-state index in [1.165, 1.54) is 13.2 Å². The largest absolute Gasteiger partial charge is 0.481 e. The predicted octanol–water partition coefficient (Wildman–Crippen LogP) is 2.50. The molecule has 204 valence electrons. The minimum absolute atomic E-state index is 0.0598. The van der Waals surface area contributed by atoms with Gasteiger partial charge in [-0.05, 0) is 45.1 Å². The second-order valence-electron chi connectivity index (χ2n) is 10.7. The Morgan fingerprint density at radius 1 is 1.13 bits per heavy atom. The molecule has 0 unspecified atom stereocenters. The second-order valence-corrected chi connectivity index (χ2v) is 10.7. The van der Waals surface area contributed by atoms with E-state index in [-0.39, 0.29) is 46.5 Å². The van der Waals surface area contributed by atoms with Crippen molar-refractivity contribution in [2.75, 3.05) is 31.6 Å². The number of nitrogens with one attached hydrogen (secondary N) is 2. The van der Waals surface area contributed by atoms with Gasteiger partial charge in [-0.3, -0.25) is 14.7 Å². The van der Waals surface area contributed by atoms with Gasteiger partial charge in [-0.15, -0.1) is 0 Å². The summed E-state index contributed by atoms with van der Waals surface area (Å²) in [5.41, 5.74) is 1.47. The number of aromatic amines is 1. The van der Waals surface area contributed by atoms with Crippen molar-refractivity contribution < 1.29 is 18.7 Å². The highest BCUT2D eigenvalue weighted by atomic mass is 19.1. The van der Waals surface area contributed by atoms with Gasteiger partial charge in [-0.25, -0.2) is 19.3 Å². The van der Waals surface area contributed by atoms with Crippen LogP contribution in [0.3, 0.4) is 0 Å². The number of hydrogen-bond acceptors (Lipinski definition) is 8. The molecule has 1 spiro atoms. The van der Waals surface area contributed by atoms with Crippen molar-refractivity contribution in [2.45, 2.75) is 50.6 Å². The Morgan fingerprint density at radius 2 is 1.92 bits per heavy atom. The molecule has 2 N–H and O–H groups in total. The number of amides is 2. The summed E-state index contributed by atoms with van der Waals surface area (Å²) in [6, 6.07) is 3.09. The number of anilines is 1. The van der Waals surface area contributed by atoms with Gasteiger partial charge < -0.3 is 19.9 Å². The standard InChI is InChI=1S/C27H31FN8O3/c1-16-29-12-19(13-30-16)35-7-4-18(15-35)32-25(37)17-3-8-36(27(11-17)5-6-27)26(38)23-10-22(33-34-23)20-9-24(39-2)31-14-21(20)28/h9-10,12-14,17-18H,3-8,11,15H2,1-2H3,(H,32,37)(H,33,34)/t17-,18+/m0/s1. The lowest BCUT2D eigenvalue weighted by Gasteiger charge is -2.39. The Hall–Kier alpha value is -4.09. The van der Waals surface area contributed by atoms with Crippen LogP contribution >= 0.6 is 0 Å². The summed E-state index contributed by atoms with van der Waals surface area (Å²) in [5, 5.41) is 10.2. The highest BCUT2D eigenvalue weighted by Crippen LogP contribution is 2.50. The van der Waals surface area contributed by atoms with Crippen molar-refractivity contribution in [1.29, 1.82) is 0 Å². The number of carbonyl (C=O) groups excluding carboxylic acids is 2. The zero-order chi connectivity index (χ0) is 27.1. The average Bonchev–Trinajstić information content (AvgIpc) is 3.32. The van der Waals surface area contributed by atoms with E-state index < -0.39 is 5.82 Å². The molecule has 12 heteroatoms. The number of aromatic nitrogens is 5. The van der Waals surface area contributed by atoms with Crippen LogP contribution in [0.4, 0.5) is 10.1 Å². The molecule has 2 amide bonds. The molecule has 0 bridgehead atoms. The van der Waals surface area contributed by atoms with Gasteiger partial charge in [0.1, 0.15) is 5.82 Å². The zero-order valence-corrected chi connectivity index (χ0v) is 22.0. The fraction of sp³-hybridized carbons (Fsp3) is 0.481. The number of rotatable bonds is 6. The molecule has 3 fully saturated rings. The number of hydrogen-bond donors (Lipinski definition) is 2. The monoisotopic (exact) mass is 534 g/mol. The van der Waals surface area contributed by atoms with Gasteiger partial charge >= 0.3 is 0 Å². The molecule has 11 nitrogen and oxygen atoms in total. The quantitative estimate of drug-likeness (QED) is 0.494. The Morgan fingerprint density at radius 3 is 2.67 bits per heavy atom. The van der Waals surface area contributed by atoms with Crippen LogP contribution in [0.1, 0.15) is 48.4 Å². The van der Waals surface area contributed by atoms with Gasteiger partial charge in [-0.2, -0.15) is 5.10 Å². The van der Waals surface area contributed by atoms with Gasteiger partial charge in [0.05, 0.1) is 37.1 Å². The Kier molecular flexibility index (Phi) is 6.40. The summed E-state index contributed by atoms with van der Waals surface area (Å²) in [7, 11) is 1.45. The van der Waals surface area contributed by atoms with Crippen LogP contribution < -0.4 is 15.0 Å². The first-order valence-corrected chi connectivity index (χ1v) is 13.3. The van der Waals surface area contributed by atoms with Crippen LogP contribution in [-0.2, 0) is 4.79 Å². The molecular formula is C27H31FN8O3. The van der Waals surface area contributed by atoms with Gasteiger partial charge in [-0.1, -0.05) is 0 Å². The Balaban J connectivity index is 1.08. The number of carbonyl (C=O) groups is 2. The van der Waals surface area contributed by atoms with E-state index in [2.05, 4.69) is 35.4 Å². The van der Waals surface area contributed by atoms with Crippen molar-refractivity contribution in [2.24, 2.45) is 5.92 Å². The van der Waals surface area contributed by atoms with Crippen molar-refractivity contribution in [3.05, 3.63) is 48.1 Å². The Labute approximate surface area is 225 Å². The Bertz CT molecular complexity index is 1390. The van der Waals surface area contributed by atoms with Gasteiger partial charge in [0.2, 0.25) is 11.8 Å². The van der Waals surface area contributed by atoms with Crippen molar-refractivity contribution in [1.82, 2.24) is 35.4 Å². The first kappa shape index (κ1) is 25.2. The molecule has 3 aliphatic rings. The third-order valence-corrected chi connectivity index (χ3v) is 8.14. The number of halogens is 1. The molecule has 6 rings (SSSR count). The van der Waals surface area contributed by atoms with Crippen LogP contribution in [0.25, 0.3) is 11.3 Å². The molecule has 2 atom stereocenters. The minimum Gasteiger partial charge on any atom is -0.481 e. The lowest BCUT2D eigenvalue weighted by Crippen LogP contribution is -2.52. The van der Waals surface area contributed by atoms with Crippen LogP contribution in [-0.4, -0.2) is 80.2 Å². The summed E-state index contributed by atoms with van der Waals surface area (Å²) < 4.78 is 19.5. The number of ether oxygens (including phenoxy) is 1. The topological polar surface area (TPSA) is 129 Å². The van der Waals surface area contributed by atoms with E-state index in [0.29, 0.717) is 25.1 Å². The van der Waals surface area contributed by atoms with Crippen LogP contribution in [0.15, 0.2) is 30.7 Å². The summed E-state index contributed by atoms with van der Waals surface area (Å²) >= 11 is 0. The lowest BCUT2D eigenvalue weighted by atomic mass is 9.87. The maximum Gasteiger partial charge on any atom is 0.274 e. The summed E-state index contributed by atoms with van der Waals surface area (Å²) in [6.45, 7) is 3.91. The molecule has 0 radical (unpaired) electrons. The van der Waals surface area contributed by atoms with Gasteiger partial charge in [0.25, 0.3) is 5.91 Å². The molecule has 0 aromatic carbocycles. The molecular weight excluding hydrogens is 503 g/mol.